The fraction of sp³-hybridized carbons (Fsp3) is 0.474. The van der Waals surface area contributed by atoms with Crippen molar-refractivity contribution in [2.75, 3.05) is 19.7 Å². The molecule has 136 valence electrons. The molecule has 1 aromatic heterocycles. The van der Waals surface area contributed by atoms with Gasteiger partial charge in [-0.1, -0.05) is 6.92 Å². The van der Waals surface area contributed by atoms with E-state index >= 15 is 0 Å². The van der Waals surface area contributed by atoms with E-state index in [0.29, 0.717) is 30.5 Å². The molecule has 2 heterocycles. The molecule has 0 unspecified atom stereocenters. The van der Waals surface area contributed by atoms with Crippen LogP contribution in [-0.4, -0.2) is 32.4 Å². The van der Waals surface area contributed by atoms with E-state index in [0.717, 1.165) is 30.6 Å². The summed E-state index contributed by atoms with van der Waals surface area (Å²) < 4.78 is 33.2. The van der Waals surface area contributed by atoms with E-state index in [9.17, 15) is 8.42 Å². The molecule has 2 aromatic rings. The van der Waals surface area contributed by atoms with E-state index in [4.69, 9.17) is 4.74 Å². The molecule has 0 radical (unpaired) electrons. The zero-order chi connectivity index (χ0) is 17.9. The average Bonchev–Trinajstić information content (AvgIpc) is 3.15. The fourth-order valence-corrected chi connectivity index (χ4v) is 5.54. The number of thiophene rings is 1. The van der Waals surface area contributed by atoms with Gasteiger partial charge in [-0.15, -0.1) is 0 Å². The van der Waals surface area contributed by atoms with Crippen LogP contribution in [0.2, 0.25) is 0 Å². The monoisotopic (exact) mass is 379 g/mol. The molecule has 0 N–H and O–H groups in total. The summed E-state index contributed by atoms with van der Waals surface area (Å²) >= 11 is 1.70. The van der Waals surface area contributed by atoms with Gasteiger partial charge in [-0.25, -0.2) is 8.42 Å². The molecule has 1 fully saturated rings. The second kappa shape index (κ2) is 7.89. The molecule has 1 saturated heterocycles. The second-order valence-electron chi connectivity index (χ2n) is 6.51. The Kier molecular flexibility index (Phi) is 5.81. The Morgan fingerprint density at radius 3 is 2.60 bits per heavy atom. The molecule has 0 atom stereocenters. The minimum absolute atomic E-state index is 0.364. The van der Waals surface area contributed by atoms with Crippen LogP contribution >= 0.6 is 11.3 Å². The molecule has 0 spiro atoms. The summed E-state index contributed by atoms with van der Waals surface area (Å²) in [5, 5.41) is 4.26. The van der Waals surface area contributed by atoms with Crippen molar-refractivity contribution in [3.05, 3.63) is 46.2 Å². The second-order valence-corrected chi connectivity index (χ2v) is 9.23. The van der Waals surface area contributed by atoms with Gasteiger partial charge in [-0.05, 0) is 78.3 Å². The van der Waals surface area contributed by atoms with Crippen LogP contribution in [0.15, 0.2) is 39.9 Å². The number of benzene rings is 1. The van der Waals surface area contributed by atoms with Gasteiger partial charge in [0.05, 0.1) is 11.5 Å². The molecule has 6 heteroatoms. The number of piperidine rings is 1. The van der Waals surface area contributed by atoms with Gasteiger partial charge in [-0.3, -0.25) is 0 Å². The highest BCUT2D eigenvalue weighted by Gasteiger charge is 2.30. The third kappa shape index (κ3) is 4.07. The Morgan fingerprint density at radius 2 is 2.00 bits per heavy atom. The first kappa shape index (κ1) is 18.4. The summed E-state index contributed by atoms with van der Waals surface area (Å²) in [6, 6.07) is 7.32. The lowest BCUT2D eigenvalue weighted by molar-refractivity contribution is 0.314. The molecule has 4 nitrogen and oxygen atoms in total. The van der Waals surface area contributed by atoms with Gasteiger partial charge in [0.1, 0.15) is 5.75 Å². The van der Waals surface area contributed by atoms with Crippen molar-refractivity contribution in [1.82, 2.24) is 4.31 Å². The first-order valence-corrected chi connectivity index (χ1v) is 11.2. The Hall–Kier alpha value is -1.37. The normalized spacial score (nSPS) is 16.9. The van der Waals surface area contributed by atoms with Crippen molar-refractivity contribution in [2.45, 2.75) is 43.9 Å². The van der Waals surface area contributed by atoms with Crippen LogP contribution in [0.1, 0.15) is 43.2 Å². The molecular weight excluding hydrogens is 354 g/mol. The van der Waals surface area contributed by atoms with Crippen molar-refractivity contribution in [3.8, 4) is 5.75 Å². The summed E-state index contributed by atoms with van der Waals surface area (Å²) in [6.07, 6.45) is 2.69. The van der Waals surface area contributed by atoms with E-state index < -0.39 is 10.0 Å². The zero-order valence-corrected chi connectivity index (χ0v) is 16.4. The molecule has 0 aliphatic carbocycles. The maximum atomic E-state index is 12.9. The lowest BCUT2D eigenvalue weighted by atomic mass is 9.92. The van der Waals surface area contributed by atoms with Crippen molar-refractivity contribution in [2.24, 2.45) is 0 Å². The predicted octanol–water partition coefficient (Wildman–Crippen LogP) is 4.41. The number of aryl methyl sites for hydroxylation is 1. The lowest BCUT2D eigenvalue weighted by Gasteiger charge is -2.31. The largest absolute Gasteiger partial charge is 0.493 e. The van der Waals surface area contributed by atoms with Gasteiger partial charge in [-0.2, -0.15) is 15.6 Å². The predicted molar refractivity (Wildman–Crippen MR) is 102 cm³/mol. The third-order valence-corrected chi connectivity index (χ3v) is 7.31. The number of hydrogen-bond donors (Lipinski definition) is 0. The Labute approximate surface area is 154 Å². The van der Waals surface area contributed by atoms with Crippen LogP contribution < -0.4 is 4.74 Å². The summed E-state index contributed by atoms with van der Waals surface area (Å²) in [5.41, 5.74) is 2.21. The van der Waals surface area contributed by atoms with Crippen molar-refractivity contribution in [1.29, 1.82) is 0 Å². The number of rotatable bonds is 6. The molecule has 1 aliphatic rings. The van der Waals surface area contributed by atoms with Crippen LogP contribution in [0.5, 0.6) is 5.75 Å². The van der Waals surface area contributed by atoms with Gasteiger partial charge in [0.25, 0.3) is 0 Å². The number of hydrogen-bond acceptors (Lipinski definition) is 4. The Bertz CT molecular complexity index is 792. The van der Waals surface area contributed by atoms with Crippen LogP contribution in [0.3, 0.4) is 0 Å². The van der Waals surface area contributed by atoms with Gasteiger partial charge in [0.2, 0.25) is 10.0 Å². The summed E-state index contributed by atoms with van der Waals surface area (Å²) in [7, 11) is -3.43. The number of sulfonamides is 1. The lowest BCUT2D eigenvalue weighted by Crippen LogP contribution is -2.37. The molecular formula is C19H25NO3S2. The smallest absolute Gasteiger partial charge is 0.243 e. The molecule has 0 amide bonds. The molecule has 1 aromatic carbocycles. The quantitative estimate of drug-likeness (QED) is 0.747. The summed E-state index contributed by atoms with van der Waals surface area (Å²) in [4.78, 5) is 0.364. The molecule has 0 bridgehead atoms. The van der Waals surface area contributed by atoms with Gasteiger partial charge < -0.3 is 4.74 Å². The minimum Gasteiger partial charge on any atom is -0.493 e. The van der Waals surface area contributed by atoms with Crippen molar-refractivity contribution >= 4 is 21.4 Å². The van der Waals surface area contributed by atoms with E-state index in [1.54, 1.807) is 33.8 Å². The van der Waals surface area contributed by atoms with Gasteiger partial charge in [0, 0.05) is 13.1 Å². The Balaban J connectivity index is 1.71. The molecule has 3 rings (SSSR count). The highest BCUT2D eigenvalue weighted by Crippen LogP contribution is 2.32. The number of nitrogens with zero attached hydrogens (tertiary/aromatic N) is 1. The number of ether oxygens (including phenoxy) is 1. The highest BCUT2D eigenvalue weighted by atomic mass is 32.2. The first-order chi connectivity index (χ1) is 12.0. The van der Waals surface area contributed by atoms with Crippen LogP contribution in [0.25, 0.3) is 0 Å². The van der Waals surface area contributed by atoms with Crippen LogP contribution in [0, 0.1) is 6.92 Å². The van der Waals surface area contributed by atoms with E-state index in [1.807, 2.05) is 13.8 Å². The van der Waals surface area contributed by atoms with E-state index in [1.165, 1.54) is 5.56 Å². The maximum Gasteiger partial charge on any atom is 0.243 e. The van der Waals surface area contributed by atoms with Gasteiger partial charge >= 0.3 is 0 Å². The summed E-state index contributed by atoms with van der Waals surface area (Å²) in [6.45, 7) is 5.75. The maximum absolute atomic E-state index is 12.9. The molecule has 25 heavy (non-hydrogen) atoms. The third-order valence-electron chi connectivity index (χ3n) is 4.71. The topological polar surface area (TPSA) is 46.6 Å². The fourth-order valence-electron chi connectivity index (χ4n) is 3.24. The van der Waals surface area contributed by atoms with E-state index in [2.05, 4.69) is 16.8 Å². The minimum atomic E-state index is -3.43. The SMILES string of the molecule is CCCOc1ccc(S(=O)(=O)N2CCC(c3ccsc3)CC2)cc1C. The molecule has 0 saturated carbocycles. The zero-order valence-electron chi connectivity index (χ0n) is 14.8. The standard InChI is InChI=1S/C19H25NO3S2/c1-3-11-23-19-5-4-18(13-15(19)2)25(21,22)20-9-6-16(7-10-20)17-8-12-24-14-17/h4-5,8,12-14,16H,3,6-7,9-11H2,1-2H3. The van der Waals surface area contributed by atoms with Crippen molar-refractivity contribution < 1.29 is 13.2 Å². The summed E-state index contributed by atoms with van der Waals surface area (Å²) in [5.74, 6) is 1.24. The van der Waals surface area contributed by atoms with Crippen LogP contribution in [0.4, 0.5) is 0 Å². The van der Waals surface area contributed by atoms with E-state index in [-0.39, 0.29) is 0 Å². The molecule has 1 aliphatic heterocycles. The van der Waals surface area contributed by atoms with Crippen molar-refractivity contribution in [3.63, 3.8) is 0 Å². The highest BCUT2D eigenvalue weighted by molar-refractivity contribution is 7.89. The first-order valence-electron chi connectivity index (χ1n) is 8.78. The van der Waals surface area contributed by atoms with Crippen LogP contribution in [-0.2, 0) is 10.0 Å². The average molecular weight is 380 g/mol. The Morgan fingerprint density at radius 1 is 1.24 bits per heavy atom. The van der Waals surface area contributed by atoms with Gasteiger partial charge in [0.15, 0.2) is 0 Å².